The molecule has 0 aliphatic rings. The third kappa shape index (κ3) is 3.08. The molecular formula is C7H10NO2. The summed E-state index contributed by atoms with van der Waals surface area (Å²) in [5.41, 5.74) is -1.02. The fourth-order valence-corrected chi connectivity index (χ4v) is 0.358. The lowest BCUT2D eigenvalue weighted by molar-refractivity contribution is -0.150. The summed E-state index contributed by atoms with van der Waals surface area (Å²) >= 11 is 0. The smallest absolute Gasteiger partial charge is 0.307 e. The normalized spacial score (nSPS) is 10.2. The second-order valence-corrected chi connectivity index (χ2v) is 2.35. The van der Waals surface area contributed by atoms with E-state index in [9.17, 15) is 4.79 Å². The summed E-state index contributed by atoms with van der Waals surface area (Å²) in [4.78, 5) is 10.6. The average Bonchev–Trinajstić information content (AvgIpc) is 1.87. The summed E-state index contributed by atoms with van der Waals surface area (Å²) in [6, 6.07) is 1.84. The van der Waals surface area contributed by atoms with Crippen LogP contribution < -0.4 is 0 Å². The molecule has 0 atom stereocenters. The van der Waals surface area contributed by atoms with E-state index in [-0.39, 0.29) is 6.42 Å². The molecule has 0 aromatic rings. The maximum atomic E-state index is 10.6. The Balaban J connectivity index is 3.92. The van der Waals surface area contributed by atoms with Crippen LogP contribution in [0, 0.1) is 18.3 Å². The highest BCUT2D eigenvalue weighted by atomic mass is 16.6. The van der Waals surface area contributed by atoms with Gasteiger partial charge in [0.2, 0.25) is 0 Å². The standard InChI is InChI=1S/C7H10NO2/c1-4-6(9)10-7(2,3)5-8/h1,4H2,2-3H3. The van der Waals surface area contributed by atoms with Crippen LogP contribution in [0.1, 0.15) is 20.3 Å². The number of nitriles is 1. The molecule has 0 saturated heterocycles. The Morgan fingerprint density at radius 2 is 2.30 bits per heavy atom. The van der Waals surface area contributed by atoms with E-state index in [0.717, 1.165) is 0 Å². The predicted molar refractivity (Wildman–Crippen MR) is 35.8 cm³/mol. The second-order valence-electron chi connectivity index (χ2n) is 2.35. The molecule has 0 saturated carbocycles. The van der Waals surface area contributed by atoms with Crippen LogP contribution >= 0.6 is 0 Å². The highest BCUT2D eigenvalue weighted by molar-refractivity contribution is 5.70. The summed E-state index contributed by atoms with van der Waals surface area (Å²) in [5, 5.41) is 8.39. The van der Waals surface area contributed by atoms with Gasteiger partial charge in [-0.2, -0.15) is 5.26 Å². The van der Waals surface area contributed by atoms with Gasteiger partial charge < -0.3 is 4.74 Å². The number of hydrogen-bond donors (Lipinski definition) is 0. The van der Waals surface area contributed by atoms with Gasteiger partial charge in [-0.05, 0) is 20.8 Å². The predicted octanol–water partition coefficient (Wildman–Crippen LogP) is 1.06. The van der Waals surface area contributed by atoms with E-state index in [1.807, 2.05) is 6.07 Å². The number of ether oxygens (including phenoxy) is 1. The lowest BCUT2D eigenvalue weighted by Crippen LogP contribution is -2.25. The molecule has 0 spiro atoms. The first-order valence-corrected chi connectivity index (χ1v) is 2.94. The van der Waals surface area contributed by atoms with Gasteiger partial charge in [0.25, 0.3) is 0 Å². The average molecular weight is 140 g/mol. The Kier molecular flexibility index (Phi) is 2.88. The maximum Gasteiger partial charge on any atom is 0.307 e. The van der Waals surface area contributed by atoms with Crippen molar-refractivity contribution in [3.8, 4) is 6.07 Å². The summed E-state index contributed by atoms with van der Waals surface area (Å²) in [6.07, 6.45) is 0.0606. The van der Waals surface area contributed by atoms with Gasteiger partial charge in [0.05, 0.1) is 0 Å². The lowest BCUT2D eigenvalue weighted by atomic mass is 10.2. The van der Waals surface area contributed by atoms with Crippen molar-refractivity contribution < 1.29 is 9.53 Å². The van der Waals surface area contributed by atoms with E-state index in [0.29, 0.717) is 0 Å². The lowest BCUT2D eigenvalue weighted by Gasteiger charge is -2.15. The van der Waals surface area contributed by atoms with Crippen molar-refractivity contribution in [1.29, 1.82) is 5.26 Å². The Labute approximate surface area is 60.6 Å². The van der Waals surface area contributed by atoms with E-state index in [1.165, 1.54) is 13.8 Å². The molecule has 0 unspecified atom stereocenters. The Morgan fingerprint density at radius 1 is 1.80 bits per heavy atom. The fraction of sp³-hybridized carbons (Fsp3) is 0.571. The van der Waals surface area contributed by atoms with Crippen molar-refractivity contribution in [2.75, 3.05) is 0 Å². The summed E-state index contributed by atoms with van der Waals surface area (Å²) < 4.78 is 4.67. The van der Waals surface area contributed by atoms with E-state index in [2.05, 4.69) is 11.7 Å². The van der Waals surface area contributed by atoms with Crippen LogP contribution in [-0.2, 0) is 9.53 Å². The van der Waals surface area contributed by atoms with E-state index in [1.54, 1.807) is 0 Å². The molecule has 0 N–H and O–H groups in total. The van der Waals surface area contributed by atoms with Crippen LogP contribution in [-0.4, -0.2) is 11.6 Å². The highest BCUT2D eigenvalue weighted by Crippen LogP contribution is 2.07. The molecule has 0 aliphatic heterocycles. The number of esters is 1. The maximum absolute atomic E-state index is 10.6. The van der Waals surface area contributed by atoms with Gasteiger partial charge in [0, 0.05) is 6.42 Å². The first-order valence-electron chi connectivity index (χ1n) is 2.94. The zero-order valence-electron chi connectivity index (χ0n) is 6.18. The number of hydrogen-bond acceptors (Lipinski definition) is 3. The molecule has 0 rings (SSSR count). The van der Waals surface area contributed by atoms with Crippen LogP contribution in [0.4, 0.5) is 0 Å². The number of carbonyl (C=O) groups is 1. The Hall–Kier alpha value is -1.04. The van der Waals surface area contributed by atoms with Gasteiger partial charge in [-0.15, -0.1) is 0 Å². The molecule has 0 aromatic carbocycles. The summed E-state index contributed by atoms with van der Waals surface area (Å²) in [6.45, 7) is 6.38. The van der Waals surface area contributed by atoms with Gasteiger partial charge in [-0.3, -0.25) is 4.79 Å². The zero-order chi connectivity index (χ0) is 8.20. The minimum Gasteiger partial charge on any atom is -0.444 e. The largest absolute Gasteiger partial charge is 0.444 e. The fourth-order valence-electron chi connectivity index (χ4n) is 0.358. The zero-order valence-corrected chi connectivity index (χ0v) is 6.18. The highest BCUT2D eigenvalue weighted by Gasteiger charge is 2.20. The molecule has 0 fully saturated rings. The monoisotopic (exact) mass is 140 g/mol. The number of nitrogens with zero attached hydrogens (tertiary/aromatic N) is 1. The van der Waals surface area contributed by atoms with Gasteiger partial charge in [0.1, 0.15) is 6.07 Å². The second kappa shape index (κ2) is 3.21. The molecule has 3 nitrogen and oxygen atoms in total. The van der Waals surface area contributed by atoms with E-state index < -0.39 is 11.6 Å². The topological polar surface area (TPSA) is 50.1 Å². The van der Waals surface area contributed by atoms with Gasteiger partial charge >= 0.3 is 5.97 Å². The quantitative estimate of drug-likeness (QED) is 0.539. The molecular weight excluding hydrogens is 130 g/mol. The molecule has 1 radical (unpaired) electrons. The van der Waals surface area contributed by atoms with Crippen LogP contribution in [0.3, 0.4) is 0 Å². The molecule has 10 heavy (non-hydrogen) atoms. The van der Waals surface area contributed by atoms with Gasteiger partial charge in [-0.1, -0.05) is 0 Å². The van der Waals surface area contributed by atoms with Crippen molar-refractivity contribution in [2.24, 2.45) is 0 Å². The van der Waals surface area contributed by atoms with Crippen molar-refractivity contribution in [2.45, 2.75) is 25.9 Å². The van der Waals surface area contributed by atoms with Crippen LogP contribution in [0.2, 0.25) is 0 Å². The van der Waals surface area contributed by atoms with Crippen molar-refractivity contribution in [3.05, 3.63) is 6.92 Å². The Morgan fingerprint density at radius 3 is 2.60 bits per heavy atom. The van der Waals surface area contributed by atoms with E-state index >= 15 is 0 Å². The third-order valence-corrected chi connectivity index (χ3v) is 0.842. The van der Waals surface area contributed by atoms with E-state index in [4.69, 9.17) is 5.26 Å². The van der Waals surface area contributed by atoms with Crippen LogP contribution in [0.25, 0.3) is 0 Å². The minimum absolute atomic E-state index is 0.0606. The number of carbonyl (C=O) groups excluding carboxylic acids is 1. The summed E-state index contributed by atoms with van der Waals surface area (Å²) in [5.74, 6) is -0.452. The molecule has 55 valence electrons. The van der Waals surface area contributed by atoms with Crippen molar-refractivity contribution in [1.82, 2.24) is 0 Å². The molecule has 3 heteroatoms. The SMILES string of the molecule is [CH2]CC(=O)OC(C)(C)C#N. The third-order valence-electron chi connectivity index (χ3n) is 0.842. The Bertz CT molecular complexity index is 167. The van der Waals surface area contributed by atoms with Crippen molar-refractivity contribution in [3.63, 3.8) is 0 Å². The van der Waals surface area contributed by atoms with Gasteiger partial charge in [-0.25, -0.2) is 0 Å². The molecule has 0 heterocycles. The molecule has 0 aliphatic carbocycles. The van der Waals surface area contributed by atoms with Crippen molar-refractivity contribution >= 4 is 5.97 Å². The molecule has 0 bridgehead atoms. The number of rotatable bonds is 2. The van der Waals surface area contributed by atoms with Crippen LogP contribution in [0.5, 0.6) is 0 Å². The van der Waals surface area contributed by atoms with Crippen LogP contribution in [0.15, 0.2) is 0 Å². The molecule has 0 amide bonds. The van der Waals surface area contributed by atoms with Gasteiger partial charge in [0.15, 0.2) is 5.60 Å². The minimum atomic E-state index is -1.02. The first-order chi connectivity index (χ1) is 4.52. The first kappa shape index (κ1) is 8.96. The summed E-state index contributed by atoms with van der Waals surface area (Å²) in [7, 11) is 0. The molecule has 0 aromatic heterocycles.